The van der Waals surface area contributed by atoms with Gasteiger partial charge < -0.3 is 14.8 Å². The molecule has 0 bridgehead atoms. The summed E-state index contributed by atoms with van der Waals surface area (Å²) in [6, 6.07) is 13.0. The third kappa shape index (κ3) is 4.45. The van der Waals surface area contributed by atoms with Crippen molar-refractivity contribution in [3.05, 3.63) is 48.0 Å². The molecule has 0 saturated carbocycles. The van der Waals surface area contributed by atoms with Gasteiger partial charge in [-0.25, -0.2) is 9.59 Å². The largest absolute Gasteiger partial charge is 0.464 e. The molecule has 2 aromatic carbocycles. The van der Waals surface area contributed by atoms with Crippen molar-refractivity contribution < 1.29 is 19.1 Å². The molecule has 2 aromatic rings. The van der Waals surface area contributed by atoms with E-state index >= 15 is 0 Å². The first-order valence-electron chi connectivity index (χ1n) is 7.72. The van der Waals surface area contributed by atoms with Gasteiger partial charge in [0.1, 0.15) is 6.04 Å². The molecule has 5 nitrogen and oxygen atoms in total. The Balaban J connectivity index is 2.24. The fraction of sp³-hybridized carbons (Fsp3) is 0.333. The van der Waals surface area contributed by atoms with Crippen LogP contribution >= 0.6 is 0 Å². The summed E-state index contributed by atoms with van der Waals surface area (Å²) in [6.07, 6.45) is -0.273. The normalized spacial score (nSPS) is 11.7. The zero-order valence-electron chi connectivity index (χ0n) is 13.4. The Morgan fingerprint density at radius 3 is 2.43 bits per heavy atom. The van der Waals surface area contributed by atoms with E-state index in [0.717, 1.165) is 16.3 Å². The van der Waals surface area contributed by atoms with E-state index in [9.17, 15) is 9.59 Å². The van der Waals surface area contributed by atoms with E-state index in [1.54, 1.807) is 13.8 Å². The van der Waals surface area contributed by atoms with Crippen LogP contribution in [0.2, 0.25) is 0 Å². The minimum Gasteiger partial charge on any atom is -0.464 e. The number of carbonyl (C=O) groups is 2. The van der Waals surface area contributed by atoms with Crippen molar-refractivity contribution >= 4 is 22.8 Å². The van der Waals surface area contributed by atoms with E-state index in [4.69, 9.17) is 9.47 Å². The molecule has 0 heterocycles. The van der Waals surface area contributed by atoms with E-state index in [2.05, 4.69) is 5.32 Å². The highest BCUT2D eigenvalue weighted by Gasteiger charge is 2.23. The fourth-order valence-electron chi connectivity index (χ4n) is 2.44. The van der Waals surface area contributed by atoms with E-state index < -0.39 is 18.1 Å². The first kappa shape index (κ1) is 16.8. The van der Waals surface area contributed by atoms with Gasteiger partial charge >= 0.3 is 12.1 Å². The maximum absolute atomic E-state index is 12.1. The van der Waals surface area contributed by atoms with Gasteiger partial charge in [-0.05, 0) is 30.2 Å². The fourth-order valence-corrected chi connectivity index (χ4v) is 2.44. The number of ether oxygens (including phenoxy) is 2. The molecule has 122 valence electrons. The van der Waals surface area contributed by atoms with Gasteiger partial charge in [-0.1, -0.05) is 42.5 Å². The van der Waals surface area contributed by atoms with Crippen molar-refractivity contribution in [2.24, 2.45) is 0 Å². The van der Waals surface area contributed by atoms with Crippen molar-refractivity contribution in [1.82, 2.24) is 5.32 Å². The van der Waals surface area contributed by atoms with Crippen molar-refractivity contribution in [3.63, 3.8) is 0 Å². The maximum atomic E-state index is 12.1. The minimum absolute atomic E-state index is 0.246. The molecule has 1 unspecified atom stereocenters. The molecule has 5 heteroatoms. The molecule has 2 rings (SSSR count). The number of rotatable bonds is 6. The van der Waals surface area contributed by atoms with Crippen LogP contribution in [-0.4, -0.2) is 31.3 Å². The smallest absolute Gasteiger partial charge is 0.407 e. The van der Waals surface area contributed by atoms with Gasteiger partial charge in [-0.2, -0.15) is 0 Å². The summed E-state index contributed by atoms with van der Waals surface area (Å²) < 4.78 is 9.93. The Kier molecular flexibility index (Phi) is 5.97. The molecule has 0 aliphatic carbocycles. The van der Waals surface area contributed by atoms with Gasteiger partial charge in [0.05, 0.1) is 13.2 Å². The second kappa shape index (κ2) is 8.17. The number of benzene rings is 2. The molecule has 0 aliphatic heterocycles. The van der Waals surface area contributed by atoms with Gasteiger partial charge in [0.25, 0.3) is 0 Å². The molecule has 23 heavy (non-hydrogen) atoms. The van der Waals surface area contributed by atoms with Gasteiger partial charge in [-0.3, -0.25) is 0 Å². The molecule has 0 aromatic heterocycles. The minimum atomic E-state index is -0.778. The molecule has 0 aliphatic rings. The van der Waals surface area contributed by atoms with E-state index in [0.29, 0.717) is 6.42 Å². The number of hydrogen-bond acceptors (Lipinski definition) is 4. The monoisotopic (exact) mass is 315 g/mol. The first-order chi connectivity index (χ1) is 11.2. The van der Waals surface area contributed by atoms with E-state index in [-0.39, 0.29) is 13.2 Å². The molecule has 1 N–H and O–H groups in total. The number of amides is 1. The molecule has 0 saturated heterocycles. The average molecular weight is 315 g/mol. The topological polar surface area (TPSA) is 64.6 Å². The van der Waals surface area contributed by atoms with Crippen LogP contribution in [-0.2, 0) is 20.7 Å². The summed E-state index contributed by atoms with van der Waals surface area (Å²) in [5.74, 6) is -0.464. The highest BCUT2D eigenvalue weighted by molar-refractivity contribution is 5.87. The number of nitrogens with one attached hydrogen (secondary N) is 1. The molecular weight excluding hydrogens is 294 g/mol. The Morgan fingerprint density at radius 1 is 1.00 bits per heavy atom. The van der Waals surface area contributed by atoms with Crippen LogP contribution in [0, 0.1) is 0 Å². The molecule has 0 fully saturated rings. The van der Waals surface area contributed by atoms with Crippen LogP contribution in [0.15, 0.2) is 42.5 Å². The predicted molar refractivity (Wildman–Crippen MR) is 88.2 cm³/mol. The molecular formula is C18H21NO4. The lowest BCUT2D eigenvalue weighted by molar-refractivity contribution is -0.145. The van der Waals surface area contributed by atoms with E-state index in [1.165, 1.54) is 0 Å². The van der Waals surface area contributed by atoms with Crippen molar-refractivity contribution in [2.45, 2.75) is 26.3 Å². The summed E-state index contributed by atoms with van der Waals surface area (Å²) in [5.41, 5.74) is 0.970. The predicted octanol–water partition coefficient (Wildman–Crippen LogP) is 3.06. The molecule has 1 atom stereocenters. The number of hydrogen-bond donors (Lipinski definition) is 1. The summed E-state index contributed by atoms with van der Waals surface area (Å²) in [7, 11) is 0. The van der Waals surface area contributed by atoms with Crippen LogP contribution < -0.4 is 5.32 Å². The Bertz CT molecular complexity index is 678. The quantitative estimate of drug-likeness (QED) is 0.832. The van der Waals surface area contributed by atoms with Gasteiger partial charge in [0, 0.05) is 6.42 Å². The highest BCUT2D eigenvalue weighted by atomic mass is 16.6. The lowest BCUT2D eigenvalue weighted by Crippen LogP contribution is -2.43. The summed E-state index contributed by atoms with van der Waals surface area (Å²) in [5, 5.41) is 4.72. The first-order valence-corrected chi connectivity index (χ1v) is 7.72. The van der Waals surface area contributed by atoms with Crippen LogP contribution in [0.25, 0.3) is 10.8 Å². The zero-order valence-corrected chi connectivity index (χ0v) is 13.4. The Morgan fingerprint density at radius 2 is 1.70 bits per heavy atom. The van der Waals surface area contributed by atoms with Crippen LogP contribution in [0.4, 0.5) is 4.79 Å². The van der Waals surface area contributed by atoms with Crippen molar-refractivity contribution in [2.75, 3.05) is 13.2 Å². The van der Waals surface area contributed by atoms with Crippen LogP contribution in [0.5, 0.6) is 0 Å². The summed E-state index contributed by atoms with van der Waals surface area (Å²) in [6.45, 7) is 3.95. The zero-order chi connectivity index (χ0) is 16.7. The molecule has 0 spiro atoms. The van der Waals surface area contributed by atoms with Crippen LogP contribution in [0.3, 0.4) is 0 Å². The number of alkyl carbamates (subject to hydrolysis) is 1. The van der Waals surface area contributed by atoms with E-state index in [1.807, 2.05) is 42.5 Å². The Hall–Kier alpha value is -2.56. The SMILES string of the molecule is CCOC(=O)NC(Cc1cccc2ccccc12)C(=O)OCC. The van der Waals surface area contributed by atoms with Crippen LogP contribution in [0.1, 0.15) is 19.4 Å². The van der Waals surface area contributed by atoms with Crippen molar-refractivity contribution in [1.29, 1.82) is 0 Å². The lowest BCUT2D eigenvalue weighted by Gasteiger charge is -2.18. The highest BCUT2D eigenvalue weighted by Crippen LogP contribution is 2.20. The third-order valence-electron chi connectivity index (χ3n) is 3.44. The number of carbonyl (C=O) groups excluding carboxylic acids is 2. The number of esters is 1. The second-order valence-electron chi connectivity index (χ2n) is 5.01. The Labute approximate surface area is 135 Å². The standard InChI is InChI=1S/C18H21NO4/c1-3-22-17(20)16(19-18(21)23-4-2)12-14-10-7-9-13-8-5-6-11-15(13)14/h5-11,16H,3-4,12H2,1-2H3,(H,19,21). The summed E-state index contributed by atoms with van der Waals surface area (Å²) >= 11 is 0. The number of fused-ring (bicyclic) bond motifs is 1. The molecule has 1 amide bonds. The van der Waals surface area contributed by atoms with Crippen molar-refractivity contribution in [3.8, 4) is 0 Å². The molecule has 0 radical (unpaired) electrons. The maximum Gasteiger partial charge on any atom is 0.407 e. The van der Waals surface area contributed by atoms with Gasteiger partial charge in [0.15, 0.2) is 0 Å². The summed E-state index contributed by atoms with van der Waals surface area (Å²) in [4.78, 5) is 23.8. The average Bonchev–Trinajstić information content (AvgIpc) is 2.55. The third-order valence-corrected chi connectivity index (χ3v) is 3.44. The lowest BCUT2D eigenvalue weighted by atomic mass is 9.99. The van der Waals surface area contributed by atoms with Gasteiger partial charge in [0.2, 0.25) is 0 Å². The van der Waals surface area contributed by atoms with Gasteiger partial charge in [-0.15, -0.1) is 0 Å². The second-order valence-corrected chi connectivity index (χ2v) is 5.01.